The standard InChI is InChI=1S/C12H19N3O/c1-2-8-15-10(4-7-14-15)11(16)12(9-13)5-3-6-12/h4,7H,2-3,5-6,8-9,13H2,1H3. The number of hydrogen-bond acceptors (Lipinski definition) is 3. The first kappa shape index (κ1) is 11.3. The normalized spacial score (nSPS) is 18.1. The van der Waals surface area contributed by atoms with Crippen LogP contribution in [0.15, 0.2) is 12.3 Å². The van der Waals surface area contributed by atoms with Crippen molar-refractivity contribution >= 4 is 5.78 Å². The topological polar surface area (TPSA) is 60.9 Å². The summed E-state index contributed by atoms with van der Waals surface area (Å²) < 4.78 is 1.80. The van der Waals surface area contributed by atoms with Crippen molar-refractivity contribution in [3.05, 3.63) is 18.0 Å². The molecule has 0 atom stereocenters. The molecule has 2 rings (SSSR count). The van der Waals surface area contributed by atoms with E-state index in [2.05, 4.69) is 12.0 Å². The molecule has 0 radical (unpaired) electrons. The fourth-order valence-corrected chi connectivity index (χ4v) is 2.31. The molecule has 4 heteroatoms. The van der Waals surface area contributed by atoms with Crippen LogP contribution >= 0.6 is 0 Å². The molecule has 1 aliphatic rings. The average molecular weight is 221 g/mol. The quantitative estimate of drug-likeness (QED) is 0.768. The molecule has 0 unspecified atom stereocenters. The van der Waals surface area contributed by atoms with Crippen LogP contribution in [0.1, 0.15) is 43.1 Å². The minimum absolute atomic E-state index is 0.187. The van der Waals surface area contributed by atoms with Gasteiger partial charge in [-0.1, -0.05) is 13.3 Å². The highest BCUT2D eigenvalue weighted by Crippen LogP contribution is 2.42. The zero-order valence-electron chi connectivity index (χ0n) is 9.78. The number of ketones is 1. The van der Waals surface area contributed by atoms with Gasteiger partial charge in [0.15, 0.2) is 5.78 Å². The van der Waals surface area contributed by atoms with Crippen LogP contribution in [0.25, 0.3) is 0 Å². The number of carbonyl (C=O) groups excluding carboxylic acids is 1. The maximum atomic E-state index is 12.4. The van der Waals surface area contributed by atoms with Gasteiger partial charge in [-0.05, 0) is 25.3 Å². The van der Waals surface area contributed by atoms with Gasteiger partial charge in [-0.2, -0.15) is 5.10 Å². The number of aryl methyl sites for hydroxylation is 1. The van der Waals surface area contributed by atoms with E-state index in [-0.39, 0.29) is 11.2 Å². The molecule has 1 aromatic rings. The van der Waals surface area contributed by atoms with Crippen LogP contribution in [-0.2, 0) is 6.54 Å². The van der Waals surface area contributed by atoms with E-state index >= 15 is 0 Å². The van der Waals surface area contributed by atoms with Crippen molar-refractivity contribution in [3.63, 3.8) is 0 Å². The van der Waals surface area contributed by atoms with Crippen molar-refractivity contribution < 1.29 is 4.79 Å². The lowest BCUT2D eigenvalue weighted by atomic mass is 9.65. The molecular weight excluding hydrogens is 202 g/mol. The largest absolute Gasteiger partial charge is 0.329 e. The van der Waals surface area contributed by atoms with E-state index in [1.807, 2.05) is 6.07 Å². The zero-order chi connectivity index (χ0) is 11.6. The number of aromatic nitrogens is 2. The van der Waals surface area contributed by atoms with Crippen LogP contribution in [0.5, 0.6) is 0 Å². The minimum atomic E-state index is -0.286. The Kier molecular flexibility index (Phi) is 3.10. The van der Waals surface area contributed by atoms with Crippen LogP contribution < -0.4 is 5.73 Å². The van der Waals surface area contributed by atoms with E-state index in [0.717, 1.165) is 37.9 Å². The average Bonchev–Trinajstić information content (AvgIpc) is 2.65. The Labute approximate surface area is 95.8 Å². The van der Waals surface area contributed by atoms with Gasteiger partial charge in [-0.3, -0.25) is 9.48 Å². The van der Waals surface area contributed by atoms with Gasteiger partial charge in [-0.25, -0.2) is 0 Å². The highest BCUT2D eigenvalue weighted by atomic mass is 16.1. The summed E-state index contributed by atoms with van der Waals surface area (Å²) in [7, 11) is 0. The molecule has 1 saturated carbocycles. The van der Waals surface area contributed by atoms with E-state index in [9.17, 15) is 4.79 Å². The summed E-state index contributed by atoms with van der Waals surface area (Å²) in [5.74, 6) is 0.187. The fourth-order valence-electron chi connectivity index (χ4n) is 2.31. The van der Waals surface area contributed by atoms with Crippen molar-refractivity contribution in [1.82, 2.24) is 9.78 Å². The van der Waals surface area contributed by atoms with Crippen LogP contribution in [0.3, 0.4) is 0 Å². The predicted molar refractivity (Wildman–Crippen MR) is 62.2 cm³/mol. The second-order valence-electron chi connectivity index (χ2n) is 4.61. The second kappa shape index (κ2) is 4.37. The third kappa shape index (κ3) is 1.67. The van der Waals surface area contributed by atoms with Gasteiger partial charge in [0.2, 0.25) is 0 Å². The fraction of sp³-hybridized carbons (Fsp3) is 0.667. The Morgan fingerprint density at radius 3 is 2.88 bits per heavy atom. The molecule has 4 nitrogen and oxygen atoms in total. The van der Waals surface area contributed by atoms with Gasteiger partial charge in [0.25, 0.3) is 0 Å². The molecular formula is C12H19N3O. The Hall–Kier alpha value is -1.16. The van der Waals surface area contributed by atoms with Crippen molar-refractivity contribution in [1.29, 1.82) is 0 Å². The molecule has 1 fully saturated rings. The summed E-state index contributed by atoms with van der Waals surface area (Å²) in [4.78, 5) is 12.4. The molecule has 16 heavy (non-hydrogen) atoms. The van der Waals surface area contributed by atoms with Crippen LogP contribution in [0.2, 0.25) is 0 Å². The van der Waals surface area contributed by atoms with Gasteiger partial charge in [-0.15, -0.1) is 0 Å². The van der Waals surface area contributed by atoms with E-state index in [4.69, 9.17) is 5.73 Å². The highest BCUT2D eigenvalue weighted by Gasteiger charge is 2.44. The van der Waals surface area contributed by atoms with Gasteiger partial charge in [0, 0.05) is 24.7 Å². The number of nitrogens with zero attached hydrogens (tertiary/aromatic N) is 2. The molecule has 1 heterocycles. The molecule has 1 aliphatic carbocycles. The molecule has 0 spiro atoms. The summed E-state index contributed by atoms with van der Waals surface area (Å²) in [6, 6.07) is 1.81. The summed E-state index contributed by atoms with van der Waals surface area (Å²) >= 11 is 0. The zero-order valence-corrected chi connectivity index (χ0v) is 9.78. The highest BCUT2D eigenvalue weighted by molar-refractivity contribution is 5.99. The summed E-state index contributed by atoms with van der Waals surface area (Å²) in [5.41, 5.74) is 6.19. The van der Waals surface area contributed by atoms with Crippen LogP contribution in [0.4, 0.5) is 0 Å². The molecule has 0 aromatic carbocycles. The predicted octanol–water partition coefficient (Wildman–Crippen LogP) is 1.60. The van der Waals surface area contributed by atoms with Gasteiger partial charge >= 0.3 is 0 Å². The van der Waals surface area contributed by atoms with Crippen molar-refractivity contribution in [3.8, 4) is 0 Å². The van der Waals surface area contributed by atoms with Gasteiger partial charge in [0.05, 0.1) is 0 Å². The van der Waals surface area contributed by atoms with Crippen molar-refractivity contribution in [2.75, 3.05) is 6.54 Å². The van der Waals surface area contributed by atoms with Crippen LogP contribution in [0, 0.1) is 5.41 Å². The molecule has 88 valence electrons. The smallest absolute Gasteiger partial charge is 0.188 e. The Morgan fingerprint density at radius 1 is 1.62 bits per heavy atom. The molecule has 0 bridgehead atoms. The summed E-state index contributed by atoms with van der Waals surface area (Å²) in [6.07, 6.45) is 5.66. The second-order valence-corrected chi connectivity index (χ2v) is 4.61. The van der Waals surface area contributed by atoms with E-state index in [0.29, 0.717) is 6.54 Å². The van der Waals surface area contributed by atoms with Crippen molar-refractivity contribution in [2.45, 2.75) is 39.2 Å². The first-order valence-corrected chi connectivity index (χ1v) is 6.00. The molecule has 0 aliphatic heterocycles. The van der Waals surface area contributed by atoms with Crippen LogP contribution in [-0.4, -0.2) is 22.1 Å². The summed E-state index contributed by atoms with van der Waals surface area (Å²) in [6.45, 7) is 3.34. The molecule has 2 N–H and O–H groups in total. The third-order valence-corrected chi connectivity index (χ3v) is 3.57. The Bertz CT molecular complexity index is 374. The molecule has 0 saturated heterocycles. The van der Waals surface area contributed by atoms with Crippen molar-refractivity contribution in [2.24, 2.45) is 11.1 Å². The van der Waals surface area contributed by atoms with E-state index in [1.165, 1.54) is 0 Å². The number of carbonyl (C=O) groups is 1. The monoisotopic (exact) mass is 221 g/mol. The number of rotatable bonds is 5. The maximum absolute atomic E-state index is 12.4. The number of Topliss-reactive ketones (excluding diaryl/α,β-unsaturated/α-hetero) is 1. The number of nitrogens with two attached hydrogens (primary N) is 1. The SMILES string of the molecule is CCCn1nccc1C(=O)C1(CN)CCC1. The lowest BCUT2D eigenvalue weighted by Gasteiger charge is -2.39. The molecule has 1 aromatic heterocycles. The first-order chi connectivity index (χ1) is 7.73. The minimum Gasteiger partial charge on any atom is -0.329 e. The lowest BCUT2D eigenvalue weighted by molar-refractivity contribution is 0.0623. The maximum Gasteiger partial charge on any atom is 0.188 e. The Balaban J connectivity index is 2.23. The number of hydrogen-bond donors (Lipinski definition) is 1. The third-order valence-electron chi connectivity index (χ3n) is 3.57. The van der Waals surface area contributed by atoms with Gasteiger partial charge in [0.1, 0.15) is 5.69 Å². The first-order valence-electron chi connectivity index (χ1n) is 6.00. The molecule has 0 amide bonds. The lowest BCUT2D eigenvalue weighted by Crippen LogP contribution is -2.45. The van der Waals surface area contributed by atoms with E-state index in [1.54, 1.807) is 10.9 Å². The van der Waals surface area contributed by atoms with Gasteiger partial charge < -0.3 is 5.73 Å². The van der Waals surface area contributed by atoms with E-state index < -0.39 is 0 Å². The summed E-state index contributed by atoms with van der Waals surface area (Å²) in [5, 5.41) is 4.19. The Morgan fingerprint density at radius 2 is 2.38 bits per heavy atom.